The van der Waals surface area contributed by atoms with Crippen LogP contribution in [0.2, 0.25) is 0 Å². The molecule has 3 nitrogen and oxygen atoms in total. The van der Waals surface area contributed by atoms with Crippen LogP contribution in [-0.2, 0) is 10.5 Å². The number of rotatable bonds is 6. The molecule has 0 saturated heterocycles. The minimum absolute atomic E-state index is 0.475. The lowest BCUT2D eigenvalue weighted by Gasteiger charge is -2.30. The zero-order valence-corrected chi connectivity index (χ0v) is 11.3. The van der Waals surface area contributed by atoms with Crippen molar-refractivity contribution in [2.75, 3.05) is 6.61 Å². The van der Waals surface area contributed by atoms with E-state index < -0.39 is 5.72 Å². The summed E-state index contributed by atoms with van der Waals surface area (Å²) < 4.78 is 5.98. The molecule has 0 aromatic heterocycles. The first kappa shape index (κ1) is 13.1. The molecule has 1 unspecified atom stereocenters. The summed E-state index contributed by atoms with van der Waals surface area (Å²) in [5.74, 6) is 0.482. The predicted molar refractivity (Wildman–Crippen MR) is 73.9 cm³/mol. The summed E-state index contributed by atoms with van der Waals surface area (Å²) in [7, 11) is 0. The van der Waals surface area contributed by atoms with Gasteiger partial charge in [0.05, 0.1) is 0 Å². The van der Waals surface area contributed by atoms with Gasteiger partial charge in [0.2, 0.25) is 0 Å². The second-order valence-electron chi connectivity index (χ2n) is 4.76. The van der Waals surface area contributed by atoms with Crippen molar-refractivity contribution in [3.8, 4) is 0 Å². The molecule has 1 atom stereocenters. The lowest BCUT2D eigenvalue weighted by molar-refractivity contribution is -0.0608. The third kappa shape index (κ3) is 2.27. The number of amidine groups is 1. The molecule has 2 N–H and O–H groups in total. The van der Waals surface area contributed by atoms with Gasteiger partial charge in [-0.05, 0) is 19.8 Å². The van der Waals surface area contributed by atoms with Crippen LogP contribution in [0.4, 0.5) is 0 Å². The number of hydrogen-bond acceptors (Lipinski definition) is 2. The van der Waals surface area contributed by atoms with Gasteiger partial charge in [-0.1, -0.05) is 44.0 Å². The van der Waals surface area contributed by atoms with Crippen molar-refractivity contribution < 1.29 is 4.74 Å². The van der Waals surface area contributed by atoms with Gasteiger partial charge in [-0.25, -0.2) is 0 Å². The normalized spacial score (nSPS) is 21.8. The Kier molecular flexibility index (Phi) is 4.02. The molecule has 1 aliphatic rings. The fraction of sp³-hybridized carbons (Fsp3) is 0.533. The highest BCUT2D eigenvalue weighted by atomic mass is 16.5. The van der Waals surface area contributed by atoms with Crippen molar-refractivity contribution >= 4 is 5.84 Å². The van der Waals surface area contributed by atoms with E-state index in [2.05, 4.69) is 18.3 Å². The van der Waals surface area contributed by atoms with Crippen LogP contribution in [0, 0.1) is 5.41 Å². The van der Waals surface area contributed by atoms with Gasteiger partial charge in [0, 0.05) is 17.7 Å². The van der Waals surface area contributed by atoms with Crippen LogP contribution in [0.3, 0.4) is 0 Å². The number of nitrogens with one attached hydrogen (secondary N) is 2. The molecule has 0 radical (unpaired) electrons. The summed E-state index contributed by atoms with van der Waals surface area (Å²) in [6.45, 7) is 4.86. The van der Waals surface area contributed by atoms with E-state index >= 15 is 0 Å². The van der Waals surface area contributed by atoms with Crippen molar-refractivity contribution in [1.82, 2.24) is 5.32 Å². The molecule has 3 heteroatoms. The minimum Gasteiger partial charge on any atom is -0.352 e. The Balaban J connectivity index is 2.28. The Bertz CT molecular complexity index is 430. The highest BCUT2D eigenvalue weighted by Crippen LogP contribution is 2.36. The van der Waals surface area contributed by atoms with E-state index in [0.717, 1.165) is 24.0 Å². The molecule has 0 amide bonds. The molecule has 0 saturated carbocycles. The van der Waals surface area contributed by atoms with Gasteiger partial charge in [-0.3, -0.25) is 5.41 Å². The van der Waals surface area contributed by atoms with Crippen LogP contribution in [0.5, 0.6) is 0 Å². The Morgan fingerprint density at radius 3 is 2.72 bits per heavy atom. The van der Waals surface area contributed by atoms with E-state index in [4.69, 9.17) is 10.1 Å². The highest BCUT2D eigenvalue weighted by molar-refractivity contribution is 6.01. The number of fused-ring (bicyclic) bond motifs is 1. The summed E-state index contributed by atoms with van der Waals surface area (Å²) in [6.07, 6.45) is 4.44. The summed E-state index contributed by atoms with van der Waals surface area (Å²) in [5.41, 5.74) is 1.62. The molecule has 18 heavy (non-hydrogen) atoms. The van der Waals surface area contributed by atoms with Crippen LogP contribution in [-0.4, -0.2) is 12.4 Å². The molecule has 0 bridgehead atoms. The van der Waals surface area contributed by atoms with Gasteiger partial charge in [0.15, 0.2) is 5.72 Å². The molecule has 1 aromatic rings. The van der Waals surface area contributed by atoms with Crippen molar-refractivity contribution in [2.45, 2.75) is 45.3 Å². The summed E-state index contributed by atoms with van der Waals surface area (Å²) in [6, 6.07) is 8.06. The maximum atomic E-state index is 8.05. The molecular formula is C15H22N2O. The Morgan fingerprint density at radius 1 is 1.22 bits per heavy atom. The number of hydrogen-bond donors (Lipinski definition) is 2. The highest BCUT2D eigenvalue weighted by Gasteiger charge is 2.41. The van der Waals surface area contributed by atoms with Gasteiger partial charge in [-0.2, -0.15) is 0 Å². The van der Waals surface area contributed by atoms with Crippen LogP contribution < -0.4 is 5.32 Å². The molecule has 0 fully saturated rings. The Hall–Kier alpha value is -1.35. The topological polar surface area (TPSA) is 45.1 Å². The van der Waals surface area contributed by atoms with E-state index in [-0.39, 0.29) is 0 Å². The van der Waals surface area contributed by atoms with Gasteiger partial charge in [0.1, 0.15) is 5.84 Å². The monoisotopic (exact) mass is 246 g/mol. The summed E-state index contributed by atoms with van der Waals surface area (Å²) in [5, 5.41) is 11.3. The first-order valence-corrected chi connectivity index (χ1v) is 6.84. The molecule has 0 spiro atoms. The molecule has 1 heterocycles. The van der Waals surface area contributed by atoms with E-state index in [1.807, 2.05) is 25.1 Å². The number of ether oxygens (including phenoxy) is 1. The van der Waals surface area contributed by atoms with Crippen molar-refractivity contribution in [3.05, 3.63) is 35.4 Å². The lowest BCUT2D eigenvalue weighted by Crippen LogP contribution is -2.42. The first-order chi connectivity index (χ1) is 8.73. The van der Waals surface area contributed by atoms with E-state index in [1.54, 1.807) is 0 Å². The van der Waals surface area contributed by atoms with Crippen molar-refractivity contribution in [2.24, 2.45) is 0 Å². The van der Waals surface area contributed by atoms with Gasteiger partial charge in [-0.15, -0.1) is 0 Å². The second-order valence-corrected chi connectivity index (χ2v) is 4.76. The van der Waals surface area contributed by atoms with Gasteiger partial charge in [0.25, 0.3) is 0 Å². The predicted octanol–water partition coefficient (Wildman–Crippen LogP) is 3.38. The molecule has 1 aromatic carbocycles. The number of benzene rings is 1. The summed E-state index contributed by atoms with van der Waals surface area (Å²) in [4.78, 5) is 0. The van der Waals surface area contributed by atoms with Crippen molar-refractivity contribution in [3.63, 3.8) is 0 Å². The van der Waals surface area contributed by atoms with Gasteiger partial charge < -0.3 is 10.1 Å². The largest absolute Gasteiger partial charge is 0.352 e. The molecule has 2 rings (SSSR count). The number of unbranched alkanes of at least 4 members (excludes halogenated alkanes) is 2. The van der Waals surface area contributed by atoms with E-state index in [9.17, 15) is 0 Å². The smallest absolute Gasteiger partial charge is 0.166 e. The molecule has 0 aliphatic carbocycles. The quantitative estimate of drug-likeness (QED) is 0.756. The first-order valence-electron chi connectivity index (χ1n) is 6.84. The Morgan fingerprint density at radius 2 is 2.00 bits per heavy atom. The molecule has 98 valence electrons. The van der Waals surface area contributed by atoms with Crippen molar-refractivity contribution in [1.29, 1.82) is 5.41 Å². The van der Waals surface area contributed by atoms with E-state index in [1.165, 1.54) is 12.8 Å². The second kappa shape index (κ2) is 5.53. The molecule has 1 aliphatic heterocycles. The third-order valence-electron chi connectivity index (χ3n) is 3.48. The van der Waals surface area contributed by atoms with Crippen LogP contribution >= 0.6 is 0 Å². The average Bonchev–Trinajstić information content (AvgIpc) is 2.65. The van der Waals surface area contributed by atoms with Gasteiger partial charge >= 0.3 is 0 Å². The lowest BCUT2D eigenvalue weighted by atomic mass is 9.96. The zero-order chi connectivity index (χ0) is 13.0. The Labute approximate surface area is 109 Å². The van der Waals surface area contributed by atoms with Crippen LogP contribution in [0.1, 0.15) is 50.7 Å². The maximum Gasteiger partial charge on any atom is 0.166 e. The maximum absolute atomic E-state index is 8.05. The zero-order valence-electron chi connectivity index (χ0n) is 11.3. The SMILES string of the molecule is CCCCCC1(OCC)NC(=N)c2ccccc21. The van der Waals surface area contributed by atoms with E-state index in [0.29, 0.717) is 12.4 Å². The van der Waals surface area contributed by atoms with Crippen LogP contribution in [0.15, 0.2) is 24.3 Å². The standard InChI is InChI=1S/C15H22N2O/c1-3-5-8-11-15(18-4-2)13-10-7-6-9-12(13)14(16)17-15/h6-7,9-10H,3-5,8,11H2,1-2H3,(H2,16,17). The fourth-order valence-corrected chi connectivity index (χ4v) is 2.64. The third-order valence-corrected chi connectivity index (χ3v) is 3.48. The average molecular weight is 246 g/mol. The molecular weight excluding hydrogens is 224 g/mol. The fourth-order valence-electron chi connectivity index (χ4n) is 2.64. The van der Waals surface area contributed by atoms with Crippen LogP contribution in [0.25, 0.3) is 0 Å². The summed E-state index contributed by atoms with van der Waals surface area (Å²) >= 11 is 0. The minimum atomic E-state index is -0.475.